The molecule has 4 rings (SSSR count). The lowest BCUT2D eigenvalue weighted by Crippen LogP contribution is -2.45. The second-order valence-corrected chi connectivity index (χ2v) is 11.8. The van der Waals surface area contributed by atoms with Crippen molar-refractivity contribution in [1.29, 1.82) is 0 Å². The third-order valence-electron chi connectivity index (χ3n) is 9.93. The van der Waals surface area contributed by atoms with Crippen LogP contribution in [0.4, 0.5) is 0 Å². The second kappa shape index (κ2) is 7.19. The van der Waals surface area contributed by atoms with Gasteiger partial charge < -0.3 is 5.11 Å². The molecule has 0 aliphatic heterocycles. The monoisotopic (exact) mass is 372 g/mol. The predicted molar refractivity (Wildman–Crippen MR) is 114 cm³/mol. The Labute approximate surface area is 168 Å². The highest BCUT2D eigenvalue weighted by molar-refractivity contribution is 5.30. The van der Waals surface area contributed by atoms with E-state index in [9.17, 15) is 5.11 Å². The van der Waals surface area contributed by atoms with E-state index in [0.29, 0.717) is 10.8 Å². The Bertz CT molecular complexity index is 577. The van der Waals surface area contributed by atoms with Crippen LogP contribution >= 0.6 is 0 Å². The first-order chi connectivity index (χ1) is 12.8. The van der Waals surface area contributed by atoms with Crippen LogP contribution in [0.2, 0.25) is 0 Å². The molecule has 0 saturated heterocycles. The second-order valence-electron chi connectivity index (χ2n) is 11.8. The van der Waals surface area contributed by atoms with Crippen LogP contribution in [-0.2, 0) is 0 Å². The zero-order valence-corrected chi connectivity index (χ0v) is 18.6. The van der Waals surface area contributed by atoms with E-state index < -0.39 is 0 Å². The highest BCUT2D eigenvalue weighted by Crippen LogP contribution is 2.68. The molecule has 0 aromatic carbocycles. The van der Waals surface area contributed by atoms with Crippen molar-refractivity contribution in [2.24, 2.45) is 46.3 Å². The van der Waals surface area contributed by atoms with E-state index >= 15 is 0 Å². The van der Waals surface area contributed by atoms with E-state index in [1.54, 1.807) is 5.57 Å². The average molecular weight is 373 g/mol. The third-order valence-corrected chi connectivity index (χ3v) is 9.93. The summed E-state index contributed by atoms with van der Waals surface area (Å²) in [7, 11) is 0. The Morgan fingerprint density at radius 1 is 1.00 bits per heavy atom. The third kappa shape index (κ3) is 3.24. The quantitative estimate of drug-likeness (QED) is 0.515. The molecule has 8 unspecified atom stereocenters. The Hall–Kier alpha value is -0.300. The summed E-state index contributed by atoms with van der Waals surface area (Å²) < 4.78 is 0. The maximum absolute atomic E-state index is 10.2. The first-order valence-corrected chi connectivity index (χ1v) is 12.1. The van der Waals surface area contributed by atoms with Gasteiger partial charge in [-0.25, -0.2) is 0 Å². The van der Waals surface area contributed by atoms with Crippen LogP contribution in [0.1, 0.15) is 98.8 Å². The van der Waals surface area contributed by atoms with Crippen molar-refractivity contribution < 1.29 is 5.11 Å². The Morgan fingerprint density at radius 3 is 2.52 bits per heavy atom. The van der Waals surface area contributed by atoms with Gasteiger partial charge in [-0.05, 0) is 91.3 Å². The van der Waals surface area contributed by atoms with E-state index in [1.165, 1.54) is 51.4 Å². The number of hydrogen-bond acceptors (Lipinski definition) is 1. The molecule has 1 heteroatoms. The molecular weight excluding hydrogens is 328 g/mol. The van der Waals surface area contributed by atoms with Gasteiger partial charge in [-0.15, -0.1) is 0 Å². The van der Waals surface area contributed by atoms with Crippen molar-refractivity contribution in [3.8, 4) is 0 Å². The minimum absolute atomic E-state index is 0.0758. The SMILES string of the molecule is CC(C)CCCC(C)C1CCC2C3C=C4CC(O)CCC4(C)C3CCC12C. The molecule has 27 heavy (non-hydrogen) atoms. The van der Waals surface area contributed by atoms with Crippen molar-refractivity contribution in [3.05, 3.63) is 11.6 Å². The zero-order chi connectivity index (χ0) is 19.4. The van der Waals surface area contributed by atoms with Gasteiger partial charge in [-0.2, -0.15) is 0 Å². The van der Waals surface area contributed by atoms with Crippen molar-refractivity contribution in [2.75, 3.05) is 0 Å². The summed E-state index contributed by atoms with van der Waals surface area (Å²) in [6.07, 6.45) is 15.9. The van der Waals surface area contributed by atoms with Gasteiger partial charge in [0.2, 0.25) is 0 Å². The predicted octanol–water partition coefficient (Wildman–Crippen LogP) is 7.00. The fourth-order valence-corrected chi connectivity index (χ4v) is 8.33. The summed E-state index contributed by atoms with van der Waals surface area (Å²) in [5.41, 5.74) is 2.61. The molecule has 4 aliphatic rings. The van der Waals surface area contributed by atoms with E-state index in [0.717, 1.165) is 48.3 Å². The lowest BCUT2D eigenvalue weighted by Gasteiger charge is -2.52. The van der Waals surface area contributed by atoms with Gasteiger partial charge in [-0.1, -0.05) is 65.5 Å². The van der Waals surface area contributed by atoms with Gasteiger partial charge in [0.05, 0.1) is 6.10 Å². The highest BCUT2D eigenvalue weighted by atomic mass is 16.3. The number of aliphatic hydroxyl groups is 1. The van der Waals surface area contributed by atoms with Gasteiger partial charge in [0, 0.05) is 0 Å². The van der Waals surface area contributed by atoms with Gasteiger partial charge in [0.25, 0.3) is 0 Å². The molecule has 0 radical (unpaired) electrons. The van der Waals surface area contributed by atoms with E-state index in [2.05, 4.69) is 40.7 Å². The largest absolute Gasteiger partial charge is 0.393 e. The summed E-state index contributed by atoms with van der Waals surface area (Å²) in [4.78, 5) is 0. The summed E-state index contributed by atoms with van der Waals surface area (Å²) in [5.74, 6) is 5.26. The topological polar surface area (TPSA) is 20.2 Å². The molecule has 0 aromatic rings. The smallest absolute Gasteiger partial charge is 0.0577 e. The van der Waals surface area contributed by atoms with Gasteiger partial charge >= 0.3 is 0 Å². The molecule has 0 bridgehead atoms. The minimum Gasteiger partial charge on any atom is -0.393 e. The van der Waals surface area contributed by atoms with Crippen molar-refractivity contribution in [2.45, 2.75) is 105 Å². The van der Waals surface area contributed by atoms with Gasteiger partial charge in [0.1, 0.15) is 0 Å². The number of rotatable bonds is 5. The Kier molecular flexibility index (Phi) is 5.32. The molecular formula is C26H44O. The summed E-state index contributed by atoms with van der Waals surface area (Å²) in [5, 5.41) is 10.2. The number of allylic oxidation sites excluding steroid dienone is 1. The van der Waals surface area contributed by atoms with Crippen LogP contribution in [0.15, 0.2) is 11.6 Å². The van der Waals surface area contributed by atoms with Crippen LogP contribution in [0.3, 0.4) is 0 Å². The molecule has 0 heterocycles. The number of hydrogen-bond donors (Lipinski definition) is 1. The summed E-state index contributed by atoms with van der Waals surface area (Å²) in [6, 6.07) is 0. The molecule has 0 amide bonds. The normalized spacial score (nSPS) is 47.4. The molecule has 1 N–H and O–H groups in total. The van der Waals surface area contributed by atoms with Gasteiger partial charge in [-0.3, -0.25) is 0 Å². The zero-order valence-electron chi connectivity index (χ0n) is 18.6. The maximum atomic E-state index is 10.2. The number of fused-ring (bicyclic) bond motifs is 5. The lowest BCUT2D eigenvalue weighted by molar-refractivity contribution is -0.0191. The average Bonchev–Trinajstić information content (AvgIpc) is 3.09. The van der Waals surface area contributed by atoms with E-state index in [-0.39, 0.29) is 6.10 Å². The maximum Gasteiger partial charge on any atom is 0.0577 e. The molecule has 0 spiro atoms. The van der Waals surface area contributed by atoms with E-state index in [4.69, 9.17) is 0 Å². The molecule has 3 fully saturated rings. The van der Waals surface area contributed by atoms with Gasteiger partial charge in [0.15, 0.2) is 0 Å². The molecule has 8 atom stereocenters. The summed E-state index contributed by atoms with van der Waals surface area (Å²) in [6.45, 7) is 12.5. The minimum atomic E-state index is -0.0758. The van der Waals surface area contributed by atoms with Crippen molar-refractivity contribution >= 4 is 0 Å². The van der Waals surface area contributed by atoms with Crippen LogP contribution in [0, 0.1) is 46.3 Å². The van der Waals surface area contributed by atoms with Crippen LogP contribution < -0.4 is 0 Å². The Morgan fingerprint density at radius 2 is 1.78 bits per heavy atom. The fraction of sp³-hybridized carbons (Fsp3) is 0.923. The highest BCUT2D eigenvalue weighted by Gasteiger charge is 2.60. The first-order valence-electron chi connectivity index (χ1n) is 12.1. The Balaban J connectivity index is 1.49. The van der Waals surface area contributed by atoms with Crippen molar-refractivity contribution in [1.82, 2.24) is 0 Å². The molecule has 3 saturated carbocycles. The number of aliphatic hydroxyl groups excluding tert-OH is 1. The standard InChI is InChI=1S/C26H44O/c1-17(2)7-6-8-18(3)22-9-10-23-21-16-19-15-20(27)11-13-25(19,4)24(21)12-14-26(22,23)5/h16-18,20-24,27H,6-15H2,1-5H3. The molecule has 0 aromatic heterocycles. The van der Waals surface area contributed by atoms with E-state index in [1.807, 2.05) is 0 Å². The summed E-state index contributed by atoms with van der Waals surface area (Å²) >= 11 is 0. The first kappa shape index (κ1) is 20.0. The van der Waals surface area contributed by atoms with Crippen LogP contribution in [-0.4, -0.2) is 11.2 Å². The fourth-order valence-electron chi connectivity index (χ4n) is 8.33. The lowest BCUT2D eigenvalue weighted by atomic mass is 9.53. The van der Waals surface area contributed by atoms with Crippen molar-refractivity contribution in [3.63, 3.8) is 0 Å². The van der Waals surface area contributed by atoms with Crippen LogP contribution in [0.25, 0.3) is 0 Å². The molecule has 4 aliphatic carbocycles. The molecule has 1 nitrogen and oxygen atoms in total. The molecule has 154 valence electrons. The van der Waals surface area contributed by atoms with Crippen LogP contribution in [0.5, 0.6) is 0 Å².